The van der Waals surface area contributed by atoms with Gasteiger partial charge in [0.2, 0.25) is 0 Å². The maximum Gasteiger partial charge on any atom is 0.259 e. The van der Waals surface area contributed by atoms with Crippen LogP contribution in [0.4, 0.5) is 5.82 Å². The molecule has 0 aliphatic carbocycles. The molecule has 1 atom stereocenters. The molecule has 0 bridgehead atoms. The summed E-state index contributed by atoms with van der Waals surface area (Å²) in [6.07, 6.45) is 2.00. The summed E-state index contributed by atoms with van der Waals surface area (Å²) in [6.45, 7) is 2.62. The first-order chi connectivity index (χ1) is 6.99. The van der Waals surface area contributed by atoms with E-state index in [4.69, 9.17) is 5.73 Å². The van der Waals surface area contributed by atoms with E-state index in [1.807, 2.05) is 0 Å². The van der Waals surface area contributed by atoms with Gasteiger partial charge in [-0.3, -0.25) is 9.89 Å². The number of β-amino-alcohol motifs (C(OH)–C–C–N with tert-alkyl or cyclic N) is 1. The van der Waals surface area contributed by atoms with Crippen LogP contribution in [0.25, 0.3) is 0 Å². The average molecular weight is 210 g/mol. The number of aromatic amines is 1. The number of aromatic nitrogens is 2. The third-order valence-electron chi connectivity index (χ3n) is 2.64. The Bertz CT molecular complexity index is 385. The molecule has 1 aliphatic heterocycles. The lowest BCUT2D eigenvalue weighted by molar-refractivity contribution is 0.0572. The van der Waals surface area contributed by atoms with E-state index in [-0.39, 0.29) is 11.7 Å². The number of nitrogens with one attached hydrogen (secondary N) is 1. The second kappa shape index (κ2) is 3.23. The number of aliphatic hydroxyl groups is 1. The molecular formula is C9H14N4O2. The Balaban J connectivity index is 2.14. The van der Waals surface area contributed by atoms with E-state index in [0.29, 0.717) is 25.1 Å². The predicted octanol–water partition coefficient (Wildman–Crippen LogP) is -0.411. The molecule has 1 aliphatic rings. The topological polar surface area (TPSA) is 95.2 Å². The van der Waals surface area contributed by atoms with Crippen molar-refractivity contribution in [3.63, 3.8) is 0 Å². The monoisotopic (exact) mass is 210 g/mol. The second-order valence-electron chi connectivity index (χ2n) is 4.17. The van der Waals surface area contributed by atoms with Crippen LogP contribution in [0.15, 0.2) is 6.20 Å². The third-order valence-corrected chi connectivity index (χ3v) is 2.64. The lowest BCUT2D eigenvalue weighted by atomic mass is 10.1. The second-order valence-corrected chi connectivity index (χ2v) is 4.17. The molecule has 1 aromatic heterocycles. The molecule has 0 radical (unpaired) electrons. The van der Waals surface area contributed by atoms with Crippen molar-refractivity contribution in [3.05, 3.63) is 11.8 Å². The summed E-state index contributed by atoms with van der Waals surface area (Å²) in [5.41, 5.74) is 5.13. The van der Waals surface area contributed by atoms with Gasteiger partial charge in [-0.25, -0.2) is 0 Å². The molecule has 6 heteroatoms. The minimum atomic E-state index is -0.784. The summed E-state index contributed by atoms with van der Waals surface area (Å²) in [5.74, 6) is 0.0885. The van der Waals surface area contributed by atoms with Gasteiger partial charge in [0.1, 0.15) is 11.4 Å². The van der Waals surface area contributed by atoms with Gasteiger partial charge in [-0.05, 0) is 13.3 Å². The van der Waals surface area contributed by atoms with Crippen LogP contribution in [0.1, 0.15) is 23.7 Å². The van der Waals surface area contributed by atoms with Crippen LogP contribution >= 0.6 is 0 Å². The Morgan fingerprint density at radius 3 is 3.00 bits per heavy atom. The highest BCUT2D eigenvalue weighted by atomic mass is 16.3. The quantitative estimate of drug-likeness (QED) is 0.587. The number of amides is 1. The van der Waals surface area contributed by atoms with Gasteiger partial charge >= 0.3 is 0 Å². The smallest absolute Gasteiger partial charge is 0.259 e. The summed E-state index contributed by atoms with van der Waals surface area (Å²) < 4.78 is 0. The Kier molecular flexibility index (Phi) is 2.15. The standard InChI is InChI=1S/C9H14N4O2/c1-9(15)2-3-13(5-9)8(14)6-4-11-12-7(6)10/h4,15H,2-3,5H2,1H3,(H3,10,11,12). The molecule has 1 fully saturated rings. The lowest BCUT2D eigenvalue weighted by Crippen LogP contribution is -2.34. The van der Waals surface area contributed by atoms with Gasteiger partial charge in [0, 0.05) is 13.1 Å². The number of nitrogen functional groups attached to an aromatic ring is 1. The van der Waals surface area contributed by atoms with Gasteiger partial charge in [0.05, 0.1) is 11.8 Å². The van der Waals surface area contributed by atoms with E-state index in [1.54, 1.807) is 11.8 Å². The predicted molar refractivity (Wildman–Crippen MR) is 54.1 cm³/mol. The number of H-pyrrole nitrogens is 1. The molecular weight excluding hydrogens is 196 g/mol. The van der Waals surface area contributed by atoms with E-state index in [2.05, 4.69) is 10.2 Å². The fourth-order valence-electron chi connectivity index (χ4n) is 1.76. The Morgan fingerprint density at radius 1 is 1.80 bits per heavy atom. The number of hydrogen-bond donors (Lipinski definition) is 3. The average Bonchev–Trinajstić information content (AvgIpc) is 2.71. The Labute approximate surface area is 87.1 Å². The molecule has 1 amide bonds. The number of carbonyl (C=O) groups excluding carboxylic acids is 1. The molecule has 0 spiro atoms. The highest BCUT2D eigenvalue weighted by Crippen LogP contribution is 2.22. The minimum absolute atomic E-state index is 0.181. The number of hydrogen-bond acceptors (Lipinski definition) is 4. The van der Waals surface area contributed by atoms with Crippen LogP contribution < -0.4 is 5.73 Å². The number of nitrogens with zero attached hydrogens (tertiary/aromatic N) is 2. The van der Waals surface area contributed by atoms with Crippen molar-refractivity contribution in [1.29, 1.82) is 0 Å². The molecule has 1 aromatic rings. The van der Waals surface area contributed by atoms with Crippen molar-refractivity contribution in [2.75, 3.05) is 18.8 Å². The van der Waals surface area contributed by atoms with Crippen molar-refractivity contribution in [2.24, 2.45) is 0 Å². The summed E-state index contributed by atoms with van der Waals surface area (Å²) in [6, 6.07) is 0. The number of rotatable bonds is 1. The fourth-order valence-corrected chi connectivity index (χ4v) is 1.76. The zero-order valence-corrected chi connectivity index (χ0v) is 8.53. The summed E-state index contributed by atoms with van der Waals surface area (Å²) in [5, 5.41) is 15.9. The first-order valence-corrected chi connectivity index (χ1v) is 4.80. The molecule has 2 rings (SSSR count). The molecule has 6 nitrogen and oxygen atoms in total. The highest BCUT2D eigenvalue weighted by molar-refractivity contribution is 5.98. The zero-order valence-electron chi connectivity index (χ0n) is 8.53. The van der Waals surface area contributed by atoms with E-state index >= 15 is 0 Å². The van der Waals surface area contributed by atoms with Crippen molar-refractivity contribution in [3.8, 4) is 0 Å². The maximum atomic E-state index is 11.9. The molecule has 1 unspecified atom stereocenters. The molecule has 1 saturated heterocycles. The summed E-state index contributed by atoms with van der Waals surface area (Å²) >= 11 is 0. The van der Waals surface area contributed by atoms with Gasteiger partial charge in [-0.1, -0.05) is 0 Å². The number of nitrogens with two attached hydrogens (primary N) is 1. The molecule has 4 N–H and O–H groups in total. The molecule has 0 aromatic carbocycles. The maximum absolute atomic E-state index is 11.9. The summed E-state index contributed by atoms with van der Waals surface area (Å²) in [4.78, 5) is 13.5. The lowest BCUT2D eigenvalue weighted by Gasteiger charge is -2.18. The van der Waals surface area contributed by atoms with Gasteiger partial charge < -0.3 is 15.7 Å². The first-order valence-electron chi connectivity index (χ1n) is 4.80. The third kappa shape index (κ3) is 1.80. The SMILES string of the molecule is CC1(O)CCN(C(=O)c2cn[nH]c2N)C1. The molecule has 15 heavy (non-hydrogen) atoms. The highest BCUT2D eigenvalue weighted by Gasteiger charge is 2.35. The van der Waals surface area contributed by atoms with Crippen molar-refractivity contribution < 1.29 is 9.90 Å². The molecule has 0 saturated carbocycles. The number of anilines is 1. The fraction of sp³-hybridized carbons (Fsp3) is 0.556. The Morgan fingerprint density at radius 2 is 2.53 bits per heavy atom. The van der Waals surface area contributed by atoms with Crippen molar-refractivity contribution in [1.82, 2.24) is 15.1 Å². The van der Waals surface area contributed by atoms with E-state index < -0.39 is 5.60 Å². The van der Waals surface area contributed by atoms with Gasteiger partial charge in [0.25, 0.3) is 5.91 Å². The van der Waals surface area contributed by atoms with Crippen LogP contribution in [0, 0.1) is 0 Å². The van der Waals surface area contributed by atoms with Crippen LogP contribution in [-0.4, -0.2) is 44.8 Å². The van der Waals surface area contributed by atoms with E-state index in [9.17, 15) is 9.90 Å². The van der Waals surface area contributed by atoms with Gasteiger partial charge in [0.15, 0.2) is 0 Å². The molecule has 82 valence electrons. The molecule has 2 heterocycles. The van der Waals surface area contributed by atoms with Crippen LogP contribution in [0.2, 0.25) is 0 Å². The Hall–Kier alpha value is -1.56. The zero-order chi connectivity index (χ0) is 11.1. The van der Waals surface area contributed by atoms with Crippen LogP contribution in [0.5, 0.6) is 0 Å². The largest absolute Gasteiger partial charge is 0.388 e. The van der Waals surface area contributed by atoms with E-state index in [1.165, 1.54) is 6.20 Å². The van der Waals surface area contributed by atoms with Crippen LogP contribution in [0.3, 0.4) is 0 Å². The normalized spacial score (nSPS) is 25.9. The van der Waals surface area contributed by atoms with E-state index in [0.717, 1.165) is 0 Å². The van der Waals surface area contributed by atoms with Crippen molar-refractivity contribution >= 4 is 11.7 Å². The van der Waals surface area contributed by atoms with Gasteiger partial charge in [-0.15, -0.1) is 0 Å². The van der Waals surface area contributed by atoms with Crippen molar-refractivity contribution in [2.45, 2.75) is 18.9 Å². The van der Waals surface area contributed by atoms with Crippen LogP contribution in [-0.2, 0) is 0 Å². The number of carbonyl (C=O) groups is 1. The number of likely N-dealkylation sites (tertiary alicyclic amines) is 1. The first kappa shape index (κ1) is 9.97. The minimum Gasteiger partial charge on any atom is -0.388 e. The van der Waals surface area contributed by atoms with Gasteiger partial charge in [-0.2, -0.15) is 5.10 Å². The summed E-state index contributed by atoms with van der Waals surface area (Å²) in [7, 11) is 0.